The van der Waals surface area contributed by atoms with E-state index in [2.05, 4.69) is 4.74 Å². The van der Waals surface area contributed by atoms with Gasteiger partial charge in [-0.1, -0.05) is 12.2 Å². The molecular formula is C7H11NO2S. The predicted octanol–water partition coefficient (Wildman–Crippen LogP) is 0.952. The molecule has 0 aromatic rings. The number of carbonyl (C=O) groups excluding carboxylic acids is 1. The largest absolute Gasteiger partial charge is 0.435 e. The zero-order chi connectivity index (χ0) is 8.85. The standard InChI is InChI=1S/C7H11NO2S/c1-6(9)10-5-4-7(11)8(2)3/h4-5H,1-3H3. The zero-order valence-electron chi connectivity index (χ0n) is 6.83. The van der Waals surface area contributed by atoms with Gasteiger partial charge in [0.25, 0.3) is 0 Å². The van der Waals surface area contributed by atoms with Crippen molar-refractivity contribution in [3.8, 4) is 0 Å². The Hall–Kier alpha value is -0.900. The highest BCUT2D eigenvalue weighted by molar-refractivity contribution is 7.80. The molecule has 0 rings (SSSR count). The first kappa shape index (κ1) is 10.1. The highest BCUT2D eigenvalue weighted by atomic mass is 32.1. The summed E-state index contributed by atoms with van der Waals surface area (Å²) >= 11 is 4.88. The summed E-state index contributed by atoms with van der Waals surface area (Å²) in [5.41, 5.74) is 0. The van der Waals surface area contributed by atoms with E-state index in [1.165, 1.54) is 13.2 Å². The predicted molar refractivity (Wildman–Crippen MR) is 47.2 cm³/mol. The average Bonchev–Trinajstić information content (AvgIpc) is 1.86. The van der Waals surface area contributed by atoms with E-state index in [0.29, 0.717) is 4.99 Å². The molecule has 3 nitrogen and oxygen atoms in total. The molecule has 62 valence electrons. The van der Waals surface area contributed by atoms with Crippen LogP contribution in [0.4, 0.5) is 0 Å². The molecule has 0 saturated carbocycles. The fourth-order valence-corrected chi connectivity index (χ4v) is 0.393. The number of esters is 1. The van der Waals surface area contributed by atoms with Crippen LogP contribution in [0.25, 0.3) is 0 Å². The molecule has 0 heterocycles. The van der Waals surface area contributed by atoms with Crippen LogP contribution in [0.3, 0.4) is 0 Å². The number of ether oxygens (including phenoxy) is 1. The normalized spacial score (nSPS) is 9.73. The average molecular weight is 173 g/mol. The Balaban J connectivity index is 3.75. The molecule has 0 N–H and O–H groups in total. The smallest absolute Gasteiger partial charge is 0.307 e. The maximum absolute atomic E-state index is 10.3. The van der Waals surface area contributed by atoms with Gasteiger partial charge >= 0.3 is 5.97 Å². The summed E-state index contributed by atoms with van der Waals surface area (Å²) in [6, 6.07) is 0. The highest BCUT2D eigenvalue weighted by Crippen LogP contribution is 1.87. The van der Waals surface area contributed by atoms with Gasteiger partial charge in [-0.2, -0.15) is 0 Å². The lowest BCUT2D eigenvalue weighted by atomic mass is 10.6. The van der Waals surface area contributed by atoms with Crippen LogP contribution in [0.5, 0.6) is 0 Å². The zero-order valence-corrected chi connectivity index (χ0v) is 7.64. The molecule has 0 aromatic carbocycles. The molecule has 0 spiro atoms. The third kappa shape index (κ3) is 5.54. The summed E-state index contributed by atoms with van der Waals surface area (Å²) in [6.45, 7) is 1.34. The minimum Gasteiger partial charge on any atom is -0.435 e. The van der Waals surface area contributed by atoms with Crippen LogP contribution in [0, 0.1) is 0 Å². The molecule has 0 amide bonds. The molecule has 11 heavy (non-hydrogen) atoms. The number of thiocarbonyl (C=S) groups is 1. The van der Waals surface area contributed by atoms with Gasteiger partial charge in [0.15, 0.2) is 0 Å². The van der Waals surface area contributed by atoms with E-state index in [0.717, 1.165) is 0 Å². The monoisotopic (exact) mass is 173 g/mol. The molecule has 0 atom stereocenters. The van der Waals surface area contributed by atoms with Crippen LogP contribution >= 0.6 is 12.2 Å². The van der Waals surface area contributed by atoms with E-state index in [1.807, 2.05) is 14.1 Å². The van der Waals surface area contributed by atoms with Gasteiger partial charge in [-0.25, -0.2) is 0 Å². The van der Waals surface area contributed by atoms with E-state index >= 15 is 0 Å². The third-order valence-electron chi connectivity index (χ3n) is 0.885. The van der Waals surface area contributed by atoms with Gasteiger partial charge in [-0.15, -0.1) is 0 Å². The van der Waals surface area contributed by atoms with E-state index in [1.54, 1.807) is 11.0 Å². The summed E-state index contributed by atoms with van der Waals surface area (Å²) in [5, 5.41) is 0. The number of likely N-dealkylation sites (N-methyl/N-ethyl adjacent to an activating group) is 1. The van der Waals surface area contributed by atoms with Crippen molar-refractivity contribution >= 4 is 23.2 Å². The lowest BCUT2D eigenvalue weighted by molar-refractivity contribution is -0.135. The topological polar surface area (TPSA) is 29.5 Å². The minimum absolute atomic E-state index is 0.345. The van der Waals surface area contributed by atoms with Gasteiger partial charge in [0, 0.05) is 27.1 Å². The van der Waals surface area contributed by atoms with E-state index < -0.39 is 0 Å². The van der Waals surface area contributed by atoms with Gasteiger partial charge in [-0.05, 0) is 0 Å². The Kier molecular flexibility index (Phi) is 4.45. The fraction of sp³-hybridized carbons (Fsp3) is 0.429. The highest BCUT2D eigenvalue weighted by Gasteiger charge is 1.91. The lowest BCUT2D eigenvalue weighted by Gasteiger charge is -2.08. The van der Waals surface area contributed by atoms with Crippen molar-refractivity contribution in [1.29, 1.82) is 0 Å². The molecular weight excluding hydrogens is 162 g/mol. The minimum atomic E-state index is -0.345. The van der Waals surface area contributed by atoms with Gasteiger partial charge in [0.2, 0.25) is 0 Å². The van der Waals surface area contributed by atoms with Crippen LogP contribution < -0.4 is 0 Å². The maximum atomic E-state index is 10.3. The lowest BCUT2D eigenvalue weighted by Crippen LogP contribution is -2.16. The summed E-state index contributed by atoms with van der Waals surface area (Å²) < 4.78 is 4.53. The molecule has 0 bridgehead atoms. The first-order valence-electron chi connectivity index (χ1n) is 3.09. The van der Waals surface area contributed by atoms with Crippen molar-refractivity contribution in [3.63, 3.8) is 0 Å². The van der Waals surface area contributed by atoms with Crippen LogP contribution in [0.2, 0.25) is 0 Å². The van der Waals surface area contributed by atoms with Crippen LogP contribution in [-0.2, 0) is 9.53 Å². The molecule has 0 aliphatic heterocycles. The number of nitrogens with zero attached hydrogens (tertiary/aromatic N) is 1. The van der Waals surface area contributed by atoms with E-state index in [-0.39, 0.29) is 5.97 Å². The maximum Gasteiger partial charge on any atom is 0.307 e. The summed E-state index contributed by atoms with van der Waals surface area (Å²) in [7, 11) is 3.64. The molecule has 0 aliphatic rings. The first-order chi connectivity index (χ1) is 5.04. The number of hydrogen-bond donors (Lipinski definition) is 0. The van der Waals surface area contributed by atoms with Crippen LogP contribution in [0.1, 0.15) is 6.92 Å². The van der Waals surface area contributed by atoms with Crippen molar-refractivity contribution < 1.29 is 9.53 Å². The summed E-state index contributed by atoms with van der Waals surface area (Å²) in [6.07, 6.45) is 2.83. The van der Waals surface area contributed by atoms with Crippen molar-refractivity contribution in [2.75, 3.05) is 14.1 Å². The molecule has 0 aliphatic carbocycles. The van der Waals surface area contributed by atoms with Gasteiger partial charge in [0.05, 0.1) is 6.26 Å². The summed E-state index contributed by atoms with van der Waals surface area (Å²) in [5.74, 6) is -0.345. The van der Waals surface area contributed by atoms with Crippen LogP contribution in [-0.4, -0.2) is 30.0 Å². The number of carbonyl (C=O) groups is 1. The Morgan fingerprint density at radius 3 is 2.45 bits per heavy atom. The second-order valence-corrected chi connectivity index (χ2v) is 2.56. The van der Waals surface area contributed by atoms with E-state index in [9.17, 15) is 4.79 Å². The van der Waals surface area contributed by atoms with Gasteiger partial charge in [-0.3, -0.25) is 4.79 Å². The van der Waals surface area contributed by atoms with Crippen molar-refractivity contribution in [1.82, 2.24) is 4.90 Å². The molecule has 0 fully saturated rings. The molecule has 0 radical (unpaired) electrons. The van der Waals surface area contributed by atoms with Crippen molar-refractivity contribution in [3.05, 3.63) is 12.3 Å². The molecule has 0 aromatic heterocycles. The van der Waals surface area contributed by atoms with Crippen LogP contribution in [0.15, 0.2) is 12.3 Å². The molecule has 0 unspecified atom stereocenters. The van der Waals surface area contributed by atoms with Gasteiger partial charge < -0.3 is 9.64 Å². The number of hydrogen-bond acceptors (Lipinski definition) is 3. The molecule has 4 heteroatoms. The third-order valence-corrected chi connectivity index (χ3v) is 1.39. The fourth-order valence-electron chi connectivity index (χ4n) is 0.337. The Morgan fingerprint density at radius 1 is 1.55 bits per heavy atom. The SMILES string of the molecule is CC(=O)OC=CC(=S)N(C)C. The van der Waals surface area contributed by atoms with Crippen molar-refractivity contribution in [2.45, 2.75) is 6.92 Å². The Labute approximate surface area is 71.6 Å². The van der Waals surface area contributed by atoms with Gasteiger partial charge in [0.1, 0.15) is 4.99 Å². The Morgan fingerprint density at radius 2 is 2.09 bits per heavy atom. The number of rotatable bonds is 2. The van der Waals surface area contributed by atoms with Crippen molar-refractivity contribution in [2.24, 2.45) is 0 Å². The second-order valence-electron chi connectivity index (χ2n) is 2.14. The molecule has 0 saturated heterocycles. The Bertz CT molecular complexity index is 187. The van der Waals surface area contributed by atoms with E-state index in [4.69, 9.17) is 12.2 Å². The summed E-state index contributed by atoms with van der Waals surface area (Å²) in [4.78, 5) is 12.6. The second kappa shape index (κ2) is 4.85. The first-order valence-corrected chi connectivity index (χ1v) is 3.50. The quantitative estimate of drug-likeness (QED) is 0.269.